The van der Waals surface area contributed by atoms with Crippen molar-refractivity contribution in [2.24, 2.45) is 0 Å². The number of benzene rings is 1. The fraction of sp³-hybridized carbons (Fsp3) is 0.500. The van der Waals surface area contributed by atoms with E-state index in [-0.39, 0.29) is 30.1 Å². The van der Waals surface area contributed by atoms with Gasteiger partial charge in [-0.3, -0.25) is 5.32 Å². The number of alkyl halides is 2. The summed E-state index contributed by atoms with van der Waals surface area (Å²) in [6.45, 7) is 0.447. The van der Waals surface area contributed by atoms with Gasteiger partial charge in [0.15, 0.2) is 0 Å². The molecule has 1 unspecified atom stereocenters. The van der Waals surface area contributed by atoms with E-state index >= 15 is 0 Å². The molecular weight excluding hydrogens is 448 g/mol. The molecule has 1 aromatic carbocycles. The molecule has 2 aromatic heterocycles. The SMILES string of the molecule is Cc1nnc(-c2ccc3cnc(NC(=O)N4[C@@H]5CC[C@H]4CC(NC(CF)CF)C5)nc3c2)s1. The van der Waals surface area contributed by atoms with Crippen molar-refractivity contribution < 1.29 is 13.6 Å². The maximum atomic E-state index is 13.1. The summed E-state index contributed by atoms with van der Waals surface area (Å²) in [5, 5.41) is 16.7. The summed E-state index contributed by atoms with van der Waals surface area (Å²) >= 11 is 1.51. The molecule has 2 aliphatic heterocycles. The largest absolute Gasteiger partial charge is 0.324 e. The van der Waals surface area contributed by atoms with Crippen LogP contribution in [0.25, 0.3) is 21.5 Å². The Morgan fingerprint density at radius 2 is 1.97 bits per heavy atom. The molecule has 11 heteroatoms. The number of nitrogens with one attached hydrogen (secondary N) is 2. The van der Waals surface area contributed by atoms with E-state index in [1.165, 1.54) is 11.3 Å². The summed E-state index contributed by atoms with van der Waals surface area (Å²) < 4.78 is 25.8. The number of halogens is 2. The molecule has 2 bridgehead atoms. The summed E-state index contributed by atoms with van der Waals surface area (Å²) in [5.41, 5.74) is 1.62. The molecular formula is C22H25F2N7OS. The maximum absolute atomic E-state index is 13.1. The van der Waals surface area contributed by atoms with E-state index in [9.17, 15) is 13.6 Å². The van der Waals surface area contributed by atoms with Gasteiger partial charge < -0.3 is 10.2 Å². The second kappa shape index (κ2) is 9.22. The monoisotopic (exact) mass is 473 g/mol. The van der Waals surface area contributed by atoms with Gasteiger partial charge in [-0.2, -0.15) is 0 Å². The van der Waals surface area contributed by atoms with Gasteiger partial charge in [-0.15, -0.1) is 10.2 Å². The Kier molecular flexibility index (Phi) is 6.15. The minimum absolute atomic E-state index is 0.0161. The molecule has 0 radical (unpaired) electrons. The standard InChI is InChI=1S/C22H25F2N7OS/c1-12-29-30-20(33-12)13-2-3-14-11-25-21(27-19(14)6-13)28-22(32)31-17-4-5-18(31)8-15(7-17)26-16(9-23)10-24/h2-3,6,11,15-18,26H,4-5,7-10H2,1H3,(H,25,27,28,32)/t15?,17-,18+. The molecule has 33 heavy (non-hydrogen) atoms. The second-order valence-corrected chi connectivity index (χ2v) is 9.84. The first-order valence-electron chi connectivity index (χ1n) is 11.1. The van der Waals surface area contributed by atoms with Crippen molar-refractivity contribution in [2.75, 3.05) is 18.7 Å². The molecule has 2 N–H and O–H groups in total. The highest BCUT2D eigenvalue weighted by atomic mass is 32.1. The third kappa shape index (κ3) is 4.51. The smallest absolute Gasteiger partial charge is 0.318 e. The van der Waals surface area contributed by atoms with Gasteiger partial charge in [-0.1, -0.05) is 23.5 Å². The first-order valence-corrected chi connectivity index (χ1v) is 11.9. The molecule has 174 valence electrons. The van der Waals surface area contributed by atoms with Gasteiger partial charge in [0, 0.05) is 35.3 Å². The lowest BCUT2D eigenvalue weighted by Crippen LogP contribution is -2.54. The highest BCUT2D eigenvalue weighted by molar-refractivity contribution is 7.14. The minimum atomic E-state index is -0.769. The number of carbonyl (C=O) groups excluding carboxylic acids is 1. The van der Waals surface area contributed by atoms with E-state index in [1.54, 1.807) is 6.20 Å². The van der Waals surface area contributed by atoms with Crippen molar-refractivity contribution in [3.05, 3.63) is 29.4 Å². The molecule has 0 aliphatic carbocycles. The number of urea groups is 1. The zero-order valence-electron chi connectivity index (χ0n) is 18.2. The summed E-state index contributed by atoms with van der Waals surface area (Å²) in [7, 11) is 0. The number of aryl methyl sites for hydroxylation is 1. The summed E-state index contributed by atoms with van der Waals surface area (Å²) in [6, 6.07) is 4.88. The fourth-order valence-electron chi connectivity index (χ4n) is 4.90. The maximum Gasteiger partial charge on any atom is 0.324 e. The number of hydrogen-bond acceptors (Lipinski definition) is 7. The number of hydrogen-bond donors (Lipinski definition) is 2. The molecule has 2 aliphatic rings. The molecule has 4 heterocycles. The van der Waals surface area contributed by atoms with Gasteiger partial charge in [0.25, 0.3) is 0 Å². The molecule has 2 saturated heterocycles. The van der Waals surface area contributed by atoms with Crippen LogP contribution in [0.1, 0.15) is 30.7 Å². The van der Waals surface area contributed by atoms with Crippen LogP contribution in [-0.4, -0.2) is 68.6 Å². The zero-order valence-corrected chi connectivity index (χ0v) is 19.0. The second-order valence-electron chi connectivity index (χ2n) is 8.66. The quantitative estimate of drug-likeness (QED) is 0.564. The number of fused-ring (bicyclic) bond motifs is 3. The van der Waals surface area contributed by atoms with Gasteiger partial charge in [0.2, 0.25) is 5.95 Å². The summed E-state index contributed by atoms with van der Waals surface area (Å²) in [6.07, 6.45) is 4.82. The average molecular weight is 474 g/mol. The number of aromatic nitrogens is 4. The van der Waals surface area contributed by atoms with E-state index < -0.39 is 19.4 Å². The Morgan fingerprint density at radius 1 is 1.21 bits per heavy atom. The Hall–Kier alpha value is -2.79. The van der Waals surface area contributed by atoms with E-state index in [1.807, 2.05) is 30.0 Å². The third-order valence-electron chi connectivity index (χ3n) is 6.39. The van der Waals surface area contributed by atoms with E-state index in [0.717, 1.165) is 33.8 Å². The number of piperidine rings is 1. The summed E-state index contributed by atoms with van der Waals surface area (Å²) in [5.74, 6) is 0.243. The van der Waals surface area contributed by atoms with Crippen LogP contribution < -0.4 is 10.6 Å². The number of carbonyl (C=O) groups is 1. The van der Waals surface area contributed by atoms with Gasteiger partial charge in [-0.05, 0) is 38.7 Å². The van der Waals surface area contributed by atoms with E-state index in [2.05, 4.69) is 30.8 Å². The van der Waals surface area contributed by atoms with Crippen molar-refractivity contribution in [3.8, 4) is 10.6 Å². The highest BCUT2D eigenvalue weighted by Gasteiger charge is 2.43. The number of nitrogens with zero attached hydrogens (tertiary/aromatic N) is 5. The molecule has 0 spiro atoms. The van der Waals surface area contributed by atoms with Crippen LogP contribution in [0.5, 0.6) is 0 Å². The Balaban J connectivity index is 1.29. The molecule has 2 fully saturated rings. The van der Waals surface area contributed by atoms with Crippen LogP contribution in [-0.2, 0) is 0 Å². The van der Waals surface area contributed by atoms with Crippen LogP contribution in [0, 0.1) is 6.92 Å². The molecule has 3 atom stereocenters. The normalized spacial score (nSPS) is 22.3. The molecule has 0 saturated carbocycles. The van der Waals surface area contributed by atoms with Crippen molar-refractivity contribution in [2.45, 2.75) is 56.8 Å². The fourth-order valence-corrected chi connectivity index (χ4v) is 5.59. The Labute approximate surface area is 193 Å². The average Bonchev–Trinajstić information content (AvgIpc) is 3.37. The van der Waals surface area contributed by atoms with Crippen molar-refractivity contribution >= 4 is 34.2 Å². The van der Waals surface area contributed by atoms with Crippen LogP contribution >= 0.6 is 11.3 Å². The lowest BCUT2D eigenvalue weighted by molar-refractivity contribution is 0.133. The first-order chi connectivity index (χ1) is 16.0. The molecule has 5 rings (SSSR count). The van der Waals surface area contributed by atoms with E-state index in [4.69, 9.17) is 0 Å². The zero-order chi connectivity index (χ0) is 22.9. The van der Waals surface area contributed by atoms with Crippen LogP contribution in [0.4, 0.5) is 19.5 Å². The molecule has 2 amide bonds. The van der Waals surface area contributed by atoms with Crippen molar-refractivity contribution in [1.82, 2.24) is 30.4 Å². The predicted octanol–water partition coefficient (Wildman–Crippen LogP) is 3.88. The highest BCUT2D eigenvalue weighted by Crippen LogP contribution is 2.36. The topological polar surface area (TPSA) is 95.9 Å². The van der Waals surface area contributed by atoms with Crippen molar-refractivity contribution in [1.29, 1.82) is 0 Å². The van der Waals surface area contributed by atoms with Crippen LogP contribution in [0.2, 0.25) is 0 Å². The van der Waals surface area contributed by atoms with Gasteiger partial charge >= 0.3 is 6.03 Å². The van der Waals surface area contributed by atoms with Crippen LogP contribution in [0.15, 0.2) is 24.4 Å². The van der Waals surface area contributed by atoms with Gasteiger partial charge in [-0.25, -0.2) is 23.5 Å². The van der Waals surface area contributed by atoms with Crippen LogP contribution in [0.3, 0.4) is 0 Å². The number of anilines is 1. The van der Waals surface area contributed by atoms with Crippen molar-refractivity contribution in [3.63, 3.8) is 0 Å². The Morgan fingerprint density at radius 3 is 2.64 bits per heavy atom. The first kappa shape index (κ1) is 22.0. The lowest BCUT2D eigenvalue weighted by Gasteiger charge is -2.39. The predicted molar refractivity (Wildman–Crippen MR) is 123 cm³/mol. The third-order valence-corrected chi connectivity index (χ3v) is 7.27. The summed E-state index contributed by atoms with van der Waals surface area (Å²) in [4.78, 5) is 23.8. The minimum Gasteiger partial charge on any atom is -0.318 e. The van der Waals surface area contributed by atoms with E-state index in [0.29, 0.717) is 18.4 Å². The molecule has 8 nitrogen and oxygen atoms in total. The van der Waals surface area contributed by atoms with Gasteiger partial charge in [0.1, 0.15) is 23.4 Å². The lowest BCUT2D eigenvalue weighted by atomic mass is 9.97. The number of rotatable bonds is 6. The van der Waals surface area contributed by atoms with Gasteiger partial charge in [0.05, 0.1) is 11.6 Å². The molecule has 3 aromatic rings. The number of amides is 2. The Bertz CT molecular complexity index is 1140.